The van der Waals surface area contributed by atoms with Crippen LogP contribution in [0.25, 0.3) is 0 Å². The highest BCUT2D eigenvalue weighted by atomic mass is 32.3. The third-order valence-electron chi connectivity index (χ3n) is 5.15. The van der Waals surface area contributed by atoms with Crippen LogP contribution < -0.4 is 15.2 Å². The third-order valence-corrected chi connectivity index (χ3v) is 6.09. The number of hydrogen-bond acceptors (Lipinski definition) is 8. The van der Waals surface area contributed by atoms with E-state index in [9.17, 15) is 19.0 Å². The number of nitrogens with one attached hydrogen (secondary N) is 1. The van der Waals surface area contributed by atoms with Gasteiger partial charge in [0.15, 0.2) is 5.84 Å². The number of nitrogens with two attached hydrogens (primary N) is 1. The van der Waals surface area contributed by atoms with Crippen molar-refractivity contribution in [2.75, 3.05) is 24.4 Å². The smallest absolute Gasteiger partial charge is 0.253 e. The van der Waals surface area contributed by atoms with Crippen LogP contribution in [-0.2, 0) is 0 Å². The summed E-state index contributed by atoms with van der Waals surface area (Å²) in [5.41, 5.74) is 7.42. The Morgan fingerprint density at radius 3 is 2.80 bits per heavy atom. The fourth-order valence-electron chi connectivity index (χ4n) is 3.73. The maximum absolute atomic E-state index is 12.7. The Morgan fingerprint density at radius 2 is 2.03 bits per heavy atom. The van der Waals surface area contributed by atoms with Gasteiger partial charge in [0.05, 0.1) is 17.9 Å². The fourth-order valence-corrected chi connectivity index (χ4v) is 4.61. The van der Waals surface area contributed by atoms with Crippen molar-refractivity contribution >= 4 is 28.4 Å². The van der Waals surface area contributed by atoms with Gasteiger partial charge >= 0.3 is 0 Å². The van der Waals surface area contributed by atoms with E-state index in [1.54, 1.807) is 35.2 Å². The molecule has 0 aromatic heterocycles. The largest absolute Gasteiger partial charge is 0.508 e. The first-order valence-corrected chi connectivity index (χ1v) is 11.1. The van der Waals surface area contributed by atoms with Crippen molar-refractivity contribution in [1.29, 1.82) is 0 Å². The van der Waals surface area contributed by atoms with Gasteiger partial charge in [-0.25, -0.2) is 0 Å². The molecular weight excluding hydrogens is 408 g/mol. The summed E-state index contributed by atoms with van der Waals surface area (Å²) < 4.78 is 31.8. The van der Waals surface area contributed by atoms with Gasteiger partial charge in [-0.15, -0.1) is 4.40 Å². The van der Waals surface area contributed by atoms with Crippen LogP contribution in [0.5, 0.6) is 11.5 Å². The third kappa shape index (κ3) is 4.30. The molecule has 10 heteroatoms. The number of rotatable bonds is 4. The summed E-state index contributed by atoms with van der Waals surface area (Å²) in [6, 6.07) is 11.4. The van der Waals surface area contributed by atoms with Crippen molar-refractivity contribution < 1.29 is 23.7 Å². The zero-order valence-electron chi connectivity index (χ0n) is 16.2. The summed E-state index contributed by atoms with van der Waals surface area (Å²) in [6.07, 6.45) is 1.80. The highest BCUT2D eigenvalue weighted by Crippen LogP contribution is 2.46. The number of ether oxygens (including phenoxy) is 1. The Kier molecular flexibility index (Phi) is 5.46. The number of fused-ring (bicyclic) bond motifs is 1. The normalized spacial score (nSPS) is 21.1. The molecule has 6 N–H and O–H groups in total. The summed E-state index contributed by atoms with van der Waals surface area (Å²) in [5, 5.41) is 9.41. The Labute approximate surface area is 175 Å². The fraction of sp³-hybridized carbons (Fsp3) is 0.300. The van der Waals surface area contributed by atoms with Crippen LogP contribution in [0.3, 0.4) is 0 Å². The first kappa shape index (κ1) is 20.3. The predicted molar refractivity (Wildman–Crippen MR) is 116 cm³/mol. The molecule has 0 bridgehead atoms. The van der Waals surface area contributed by atoms with Crippen molar-refractivity contribution in [2.45, 2.75) is 12.8 Å². The second-order valence-electron chi connectivity index (χ2n) is 7.39. The molecule has 9 nitrogen and oxygen atoms in total. The first-order chi connectivity index (χ1) is 14.3. The molecule has 0 radical (unpaired) electrons. The van der Waals surface area contributed by atoms with Crippen molar-refractivity contribution in [3.05, 3.63) is 53.6 Å². The van der Waals surface area contributed by atoms with E-state index in [-0.39, 0.29) is 23.4 Å². The van der Waals surface area contributed by atoms with Gasteiger partial charge in [0, 0.05) is 24.6 Å². The molecule has 1 atom stereocenters. The van der Waals surface area contributed by atoms with Crippen LogP contribution in [-0.4, -0.2) is 50.6 Å². The molecule has 1 fully saturated rings. The van der Waals surface area contributed by atoms with E-state index in [4.69, 9.17) is 10.5 Å². The summed E-state index contributed by atoms with van der Waals surface area (Å²) in [7, 11) is -3.35. The molecule has 2 heterocycles. The summed E-state index contributed by atoms with van der Waals surface area (Å²) in [6.45, 7) is 1.63. The second kappa shape index (κ2) is 8.05. The molecule has 2 aromatic rings. The van der Waals surface area contributed by atoms with E-state index in [2.05, 4.69) is 9.12 Å². The van der Waals surface area contributed by atoms with Gasteiger partial charge in [-0.1, -0.05) is 6.07 Å². The minimum absolute atomic E-state index is 0.00660. The Bertz CT molecular complexity index is 980. The van der Waals surface area contributed by atoms with Gasteiger partial charge in [-0.3, -0.25) is 18.6 Å². The number of benzene rings is 2. The number of amides is 1. The maximum Gasteiger partial charge on any atom is 0.253 e. The van der Waals surface area contributed by atoms with Crippen LogP contribution in [0.1, 0.15) is 28.8 Å². The summed E-state index contributed by atoms with van der Waals surface area (Å²) in [4.78, 5) is 14.5. The topological polar surface area (TPSA) is 141 Å². The Morgan fingerprint density at radius 1 is 1.27 bits per heavy atom. The molecule has 2 aliphatic rings. The average molecular weight is 433 g/mol. The van der Waals surface area contributed by atoms with Crippen LogP contribution in [0.15, 0.2) is 46.9 Å². The first-order valence-electron chi connectivity index (χ1n) is 9.58. The number of carbonyl (C=O) groups excluding carboxylic acids is 1. The van der Waals surface area contributed by atoms with E-state index >= 15 is 0 Å². The highest BCUT2D eigenvalue weighted by molar-refractivity contribution is 8.24. The van der Waals surface area contributed by atoms with Crippen LogP contribution >= 0.6 is 11.0 Å². The van der Waals surface area contributed by atoms with E-state index in [1.165, 1.54) is 12.1 Å². The van der Waals surface area contributed by atoms with Crippen LogP contribution in [0.4, 0.5) is 5.69 Å². The molecule has 2 aromatic carbocycles. The van der Waals surface area contributed by atoms with Gasteiger partial charge in [-0.05, 0) is 60.2 Å². The number of amidine groups is 1. The number of phenolic OH excluding ortho intramolecular Hbond substituents is 1. The number of piperidine rings is 1. The SMILES string of the molecule is NC1=NS(O)(O)Nc2cccc(OC[C@H]3CCCN(C(=O)c4ccc(O)cc4)C3)c21. The number of likely N-dealkylation sites (tertiary alicyclic amines) is 1. The quantitative estimate of drug-likeness (QED) is 0.500. The minimum Gasteiger partial charge on any atom is -0.508 e. The zero-order chi connectivity index (χ0) is 21.3. The monoisotopic (exact) mass is 432 g/mol. The summed E-state index contributed by atoms with van der Waals surface area (Å²) >= 11 is 0. The average Bonchev–Trinajstić information content (AvgIpc) is 2.71. The van der Waals surface area contributed by atoms with Gasteiger partial charge in [0.1, 0.15) is 11.5 Å². The molecule has 1 amide bonds. The van der Waals surface area contributed by atoms with Gasteiger partial charge in [0.2, 0.25) is 0 Å². The lowest BCUT2D eigenvalue weighted by molar-refractivity contribution is 0.0633. The van der Waals surface area contributed by atoms with Crippen molar-refractivity contribution in [3.8, 4) is 11.5 Å². The Balaban J connectivity index is 1.43. The number of carbonyl (C=O) groups is 1. The summed E-state index contributed by atoms with van der Waals surface area (Å²) in [5.74, 6) is 0.708. The molecule has 30 heavy (non-hydrogen) atoms. The second-order valence-corrected chi connectivity index (χ2v) is 8.82. The minimum atomic E-state index is -3.35. The van der Waals surface area contributed by atoms with E-state index in [0.717, 1.165) is 12.8 Å². The molecule has 0 spiro atoms. The maximum atomic E-state index is 12.7. The molecular formula is C20H24N4O5S. The number of anilines is 1. The van der Waals surface area contributed by atoms with Gasteiger partial charge in [0.25, 0.3) is 5.91 Å². The zero-order valence-corrected chi connectivity index (χ0v) is 17.0. The van der Waals surface area contributed by atoms with E-state index in [1.807, 2.05) is 0 Å². The number of aromatic hydroxyl groups is 1. The standard InChI is InChI=1S/C20H24N4O5S/c21-19-18-16(22-30(27,28)23-19)4-1-5-17(18)29-12-13-3-2-10-24(11-13)20(26)14-6-8-15(25)9-7-14/h1,4-9,13,22,25,27-28H,2-3,10-12H2,(H2,21,23)/t13-/m0/s1. The lowest BCUT2D eigenvalue weighted by Crippen LogP contribution is -2.41. The molecule has 0 unspecified atom stereocenters. The molecule has 1 saturated heterocycles. The van der Waals surface area contributed by atoms with Gasteiger partial charge < -0.3 is 20.5 Å². The van der Waals surface area contributed by atoms with E-state index < -0.39 is 11.0 Å². The van der Waals surface area contributed by atoms with Gasteiger partial charge in [-0.2, -0.15) is 0 Å². The predicted octanol–water partition coefficient (Wildman–Crippen LogP) is 3.03. The molecule has 160 valence electrons. The van der Waals surface area contributed by atoms with Crippen LogP contribution in [0.2, 0.25) is 0 Å². The molecule has 0 saturated carbocycles. The van der Waals surface area contributed by atoms with Crippen molar-refractivity contribution in [2.24, 2.45) is 16.0 Å². The molecule has 2 aliphatic heterocycles. The van der Waals surface area contributed by atoms with Crippen molar-refractivity contribution in [1.82, 2.24) is 4.90 Å². The van der Waals surface area contributed by atoms with Crippen LogP contribution in [0, 0.1) is 5.92 Å². The van der Waals surface area contributed by atoms with E-state index in [0.29, 0.717) is 42.3 Å². The lowest BCUT2D eigenvalue weighted by Gasteiger charge is -2.34. The lowest BCUT2D eigenvalue weighted by atomic mass is 9.98. The molecule has 0 aliphatic carbocycles. The molecule has 4 rings (SSSR count). The Hall–Kier alpha value is -2.95. The van der Waals surface area contributed by atoms with Crippen molar-refractivity contribution in [3.63, 3.8) is 0 Å². The number of nitrogens with zero attached hydrogens (tertiary/aromatic N) is 2. The number of hydrogen-bond donors (Lipinski definition) is 5. The highest BCUT2D eigenvalue weighted by Gasteiger charge is 2.27. The number of phenols is 1.